The van der Waals surface area contributed by atoms with Gasteiger partial charge in [-0.25, -0.2) is 9.67 Å². The zero-order valence-corrected chi connectivity index (χ0v) is 20.3. The van der Waals surface area contributed by atoms with Gasteiger partial charge in [0.25, 0.3) is 5.91 Å². The van der Waals surface area contributed by atoms with Crippen molar-refractivity contribution in [3.8, 4) is 5.82 Å². The molecule has 1 unspecified atom stereocenters. The molecule has 1 aliphatic heterocycles. The van der Waals surface area contributed by atoms with Crippen molar-refractivity contribution in [1.82, 2.24) is 29.9 Å². The molecule has 1 atom stereocenters. The van der Waals surface area contributed by atoms with Gasteiger partial charge in [0.2, 0.25) is 5.91 Å². The van der Waals surface area contributed by atoms with Crippen LogP contribution in [0.1, 0.15) is 39.6 Å². The Kier molecular flexibility index (Phi) is 6.41. The zero-order chi connectivity index (χ0) is 23.7. The monoisotopic (exact) mass is 468 g/mol. The normalized spacial score (nSPS) is 16.0. The van der Waals surface area contributed by atoms with E-state index in [9.17, 15) is 9.59 Å². The molecule has 0 aliphatic carbocycles. The maximum Gasteiger partial charge on any atom is 0.265 e. The Morgan fingerprint density at radius 1 is 1.15 bits per heavy atom. The molecule has 4 heterocycles. The van der Waals surface area contributed by atoms with Crippen molar-refractivity contribution >= 4 is 34.1 Å². The largest absolute Gasteiger partial charge is 0.354 e. The van der Waals surface area contributed by atoms with Crippen molar-refractivity contribution in [3.63, 3.8) is 0 Å². The number of rotatable bonds is 5. The van der Waals surface area contributed by atoms with Gasteiger partial charge in [-0.15, -0.1) is 10.2 Å². The van der Waals surface area contributed by atoms with Crippen LogP contribution < -0.4 is 10.2 Å². The summed E-state index contributed by atoms with van der Waals surface area (Å²) in [5.74, 6) is 0.995. The minimum atomic E-state index is -0.201. The molecule has 4 rings (SSSR count). The van der Waals surface area contributed by atoms with Crippen molar-refractivity contribution in [2.45, 2.75) is 33.6 Å². The van der Waals surface area contributed by atoms with E-state index >= 15 is 0 Å². The van der Waals surface area contributed by atoms with Crippen molar-refractivity contribution in [2.75, 3.05) is 37.4 Å². The molecule has 3 aromatic heterocycles. The average Bonchev–Trinajstić information content (AvgIpc) is 3.33. The molecular formula is C22H28N8O2S. The van der Waals surface area contributed by atoms with E-state index in [0.717, 1.165) is 36.6 Å². The highest BCUT2D eigenvalue weighted by Gasteiger charge is 2.28. The van der Waals surface area contributed by atoms with Gasteiger partial charge in [0, 0.05) is 32.9 Å². The molecule has 2 amide bonds. The molecule has 0 radical (unpaired) electrons. The minimum Gasteiger partial charge on any atom is -0.354 e. The van der Waals surface area contributed by atoms with Crippen LogP contribution in [0.2, 0.25) is 0 Å². The predicted octanol–water partition coefficient (Wildman–Crippen LogP) is 2.60. The lowest BCUT2D eigenvalue weighted by Gasteiger charge is -2.32. The number of hydrogen-bond donors (Lipinski definition) is 1. The van der Waals surface area contributed by atoms with E-state index < -0.39 is 0 Å². The fourth-order valence-electron chi connectivity index (χ4n) is 3.92. The molecule has 1 aliphatic rings. The maximum atomic E-state index is 12.9. The molecule has 174 valence electrons. The number of aryl methyl sites for hydroxylation is 3. The number of amides is 2. The minimum absolute atomic E-state index is 0.0930. The van der Waals surface area contributed by atoms with Crippen LogP contribution in [-0.2, 0) is 4.79 Å². The number of carbonyl (C=O) groups is 2. The third-order valence-corrected chi connectivity index (χ3v) is 6.67. The summed E-state index contributed by atoms with van der Waals surface area (Å²) in [6, 6.07) is 5.81. The van der Waals surface area contributed by atoms with Crippen molar-refractivity contribution in [3.05, 3.63) is 40.2 Å². The summed E-state index contributed by atoms with van der Waals surface area (Å²) < 4.78 is 1.77. The third-order valence-electron chi connectivity index (χ3n) is 5.61. The summed E-state index contributed by atoms with van der Waals surface area (Å²) in [7, 11) is 3.39. The average molecular weight is 469 g/mol. The van der Waals surface area contributed by atoms with E-state index in [1.54, 1.807) is 25.7 Å². The molecule has 10 nitrogen and oxygen atoms in total. The third kappa shape index (κ3) is 4.87. The van der Waals surface area contributed by atoms with Crippen LogP contribution >= 0.6 is 11.3 Å². The molecule has 0 aromatic carbocycles. The second kappa shape index (κ2) is 9.26. The fourth-order valence-corrected chi connectivity index (χ4v) is 4.91. The quantitative estimate of drug-likeness (QED) is 0.613. The van der Waals surface area contributed by atoms with Gasteiger partial charge in [-0.2, -0.15) is 5.10 Å². The topological polar surface area (TPSA) is 109 Å². The number of thiazole rings is 1. The van der Waals surface area contributed by atoms with Crippen LogP contribution in [0.3, 0.4) is 0 Å². The zero-order valence-electron chi connectivity index (χ0n) is 19.5. The summed E-state index contributed by atoms with van der Waals surface area (Å²) in [6.45, 7) is 7.06. The van der Waals surface area contributed by atoms with Gasteiger partial charge in [0.1, 0.15) is 4.88 Å². The molecular weight excluding hydrogens is 440 g/mol. The van der Waals surface area contributed by atoms with Gasteiger partial charge < -0.3 is 15.1 Å². The van der Waals surface area contributed by atoms with Crippen molar-refractivity contribution < 1.29 is 9.59 Å². The second-order valence-corrected chi connectivity index (χ2v) is 9.50. The summed E-state index contributed by atoms with van der Waals surface area (Å²) in [5.41, 5.74) is 2.55. The number of nitrogens with one attached hydrogen (secondary N) is 1. The van der Waals surface area contributed by atoms with E-state index in [4.69, 9.17) is 0 Å². The fraction of sp³-hybridized carbons (Fsp3) is 0.455. The van der Waals surface area contributed by atoms with E-state index in [-0.39, 0.29) is 17.7 Å². The Morgan fingerprint density at radius 3 is 2.52 bits per heavy atom. The predicted molar refractivity (Wildman–Crippen MR) is 127 cm³/mol. The highest BCUT2D eigenvalue weighted by Crippen LogP contribution is 2.26. The Labute approximate surface area is 196 Å². The lowest BCUT2D eigenvalue weighted by Crippen LogP contribution is -2.41. The Balaban J connectivity index is 1.42. The summed E-state index contributed by atoms with van der Waals surface area (Å²) in [5, 5.41) is 16.5. The number of piperidine rings is 1. The molecule has 0 saturated carbocycles. The molecule has 3 aromatic rings. The Bertz CT molecular complexity index is 1170. The highest BCUT2D eigenvalue weighted by molar-refractivity contribution is 7.17. The molecule has 0 spiro atoms. The van der Waals surface area contributed by atoms with E-state index in [1.807, 2.05) is 32.0 Å². The van der Waals surface area contributed by atoms with Gasteiger partial charge in [0.15, 0.2) is 16.8 Å². The molecule has 11 heteroatoms. The number of carbonyl (C=O) groups excluding carboxylic acids is 2. The number of hydrogen-bond acceptors (Lipinski definition) is 8. The van der Waals surface area contributed by atoms with Crippen LogP contribution in [0.4, 0.5) is 10.9 Å². The van der Waals surface area contributed by atoms with Gasteiger partial charge in [0.05, 0.1) is 17.3 Å². The van der Waals surface area contributed by atoms with Crippen LogP contribution in [-0.4, -0.2) is 68.9 Å². The van der Waals surface area contributed by atoms with E-state index in [0.29, 0.717) is 28.1 Å². The van der Waals surface area contributed by atoms with E-state index in [1.165, 1.54) is 16.2 Å². The number of aromatic nitrogens is 5. The SMILES string of the molecule is Cc1cc(C)n(-c2ccc(N3CCCC(C(=O)Nc4nc(C)c(C(=O)N(C)C)s4)C3)nn2)n1. The van der Waals surface area contributed by atoms with Crippen molar-refractivity contribution in [1.29, 1.82) is 0 Å². The first kappa shape index (κ1) is 22.8. The van der Waals surface area contributed by atoms with Gasteiger partial charge in [-0.1, -0.05) is 11.3 Å². The molecule has 1 fully saturated rings. The van der Waals surface area contributed by atoms with Crippen molar-refractivity contribution in [2.24, 2.45) is 5.92 Å². The first-order chi connectivity index (χ1) is 15.7. The Hall–Kier alpha value is -3.34. The standard InChI is InChI=1S/C22H28N8O2S/c1-13-11-14(2)30(27-13)18-9-8-17(25-26-18)29-10-6-7-16(12-29)20(31)24-22-23-15(3)19(33-22)21(32)28(4)5/h8-9,11,16H,6-7,10,12H2,1-5H3,(H,23,24,31). The lowest BCUT2D eigenvalue weighted by atomic mass is 9.97. The van der Waals surface area contributed by atoms with Gasteiger partial charge >= 0.3 is 0 Å². The molecule has 0 bridgehead atoms. The highest BCUT2D eigenvalue weighted by atomic mass is 32.1. The van der Waals surface area contributed by atoms with Crippen LogP contribution in [0.5, 0.6) is 0 Å². The first-order valence-electron chi connectivity index (χ1n) is 10.8. The smallest absolute Gasteiger partial charge is 0.265 e. The summed E-state index contributed by atoms with van der Waals surface area (Å²) >= 11 is 1.21. The first-order valence-corrected chi connectivity index (χ1v) is 11.7. The van der Waals surface area contributed by atoms with Gasteiger partial charge in [-0.05, 0) is 51.8 Å². The molecule has 1 N–H and O–H groups in total. The number of anilines is 2. The molecule has 33 heavy (non-hydrogen) atoms. The van der Waals surface area contributed by atoms with Gasteiger partial charge in [-0.3, -0.25) is 9.59 Å². The lowest BCUT2D eigenvalue weighted by molar-refractivity contribution is -0.120. The maximum absolute atomic E-state index is 12.9. The number of nitrogens with zero attached hydrogens (tertiary/aromatic N) is 7. The van der Waals surface area contributed by atoms with E-state index in [2.05, 4.69) is 30.5 Å². The molecule has 1 saturated heterocycles. The van der Waals surface area contributed by atoms with Crippen LogP contribution in [0.25, 0.3) is 5.82 Å². The van der Waals surface area contributed by atoms with Crippen LogP contribution in [0.15, 0.2) is 18.2 Å². The Morgan fingerprint density at radius 2 is 1.88 bits per heavy atom. The summed E-state index contributed by atoms with van der Waals surface area (Å²) in [4.78, 5) is 33.7. The second-order valence-electron chi connectivity index (χ2n) is 8.50. The van der Waals surface area contributed by atoms with Crippen LogP contribution in [0, 0.1) is 26.7 Å². The summed E-state index contributed by atoms with van der Waals surface area (Å²) in [6.07, 6.45) is 1.66.